The van der Waals surface area contributed by atoms with E-state index in [-0.39, 0.29) is 0 Å². The summed E-state index contributed by atoms with van der Waals surface area (Å²) in [5.74, 6) is 0.763. The molecule has 3 rings (SSSR count). The van der Waals surface area contributed by atoms with Gasteiger partial charge in [0.25, 0.3) is 0 Å². The van der Waals surface area contributed by atoms with Gasteiger partial charge in [-0.1, -0.05) is 18.2 Å². The molecule has 0 radical (unpaired) electrons. The van der Waals surface area contributed by atoms with Crippen molar-refractivity contribution in [2.24, 2.45) is 7.05 Å². The first-order chi connectivity index (χ1) is 8.75. The Balaban J connectivity index is 2.22. The molecular formula is C12H11N5S. The predicted molar refractivity (Wildman–Crippen MR) is 71.0 cm³/mol. The fourth-order valence-electron chi connectivity index (χ4n) is 1.84. The fourth-order valence-corrected chi connectivity index (χ4v) is 2.08. The van der Waals surface area contributed by atoms with Crippen LogP contribution in [0.1, 0.15) is 0 Å². The van der Waals surface area contributed by atoms with Crippen molar-refractivity contribution >= 4 is 12.2 Å². The number of rotatable bonds is 2. The lowest BCUT2D eigenvalue weighted by Gasteiger charge is -2.04. The Labute approximate surface area is 109 Å². The van der Waals surface area contributed by atoms with Gasteiger partial charge in [0.05, 0.1) is 11.8 Å². The van der Waals surface area contributed by atoms with Crippen LogP contribution in [-0.2, 0) is 7.05 Å². The van der Waals surface area contributed by atoms with Crippen molar-refractivity contribution in [3.63, 3.8) is 0 Å². The summed E-state index contributed by atoms with van der Waals surface area (Å²) in [4.78, 5) is 0. The molecule has 0 aliphatic heterocycles. The van der Waals surface area contributed by atoms with Crippen molar-refractivity contribution in [3.05, 3.63) is 47.5 Å². The highest BCUT2D eigenvalue weighted by atomic mass is 32.1. The van der Waals surface area contributed by atoms with Gasteiger partial charge in [0, 0.05) is 18.9 Å². The van der Waals surface area contributed by atoms with Crippen LogP contribution in [0.3, 0.4) is 0 Å². The van der Waals surface area contributed by atoms with E-state index in [0.717, 1.165) is 17.1 Å². The highest BCUT2D eigenvalue weighted by molar-refractivity contribution is 7.71. The minimum absolute atomic E-state index is 0.569. The molecule has 0 saturated heterocycles. The summed E-state index contributed by atoms with van der Waals surface area (Å²) < 4.78 is 4.20. The molecule has 2 heterocycles. The SMILES string of the molecule is Cn1cc(-c2n[nH]c(=S)n2-c2ccccc2)cn1. The van der Waals surface area contributed by atoms with Crippen LogP contribution in [0, 0.1) is 4.77 Å². The van der Waals surface area contributed by atoms with Crippen LogP contribution in [0.15, 0.2) is 42.7 Å². The van der Waals surface area contributed by atoms with E-state index in [9.17, 15) is 0 Å². The molecule has 5 nitrogen and oxygen atoms in total. The molecule has 0 aliphatic carbocycles. The summed E-state index contributed by atoms with van der Waals surface area (Å²) in [6.07, 6.45) is 3.68. The van der Waals surface area contributed by atoms with Gasteiger partial charge in [-0.15, -0.1) is 0 Å². The first-order valence-electron chi connectivity index (χ1n) is 5.47. The molecule has 1 aromatic carbocycles. The summed E-state index contributed by atoms with van der Waals surface area (Å²) in [6, 6.07) is 9.89. The van der Waals surface area contributed by atoms with Gasteiger partial charge in [-0.25, -0.2) is 0 Å². The molecule has 0 aliphatic rings. The Bertz CT molecular complexity index is 722. The summed E-state index contributed by atoms with van der Waals surface area (Å²) in [5.41, 5.74) is 1.91. The first-order valence-corrected chi connectivity index (χ1v) is 5.88. The van der Waals surface area contributed by atoms with Crippen molar-refractivity contribution < 1.29 is 0 Å². The third-order valence-corrected chi connectivity index (χ3v) is 2.92. The van der Waals surface area contributed by atoms with Crippen molar-refractivity contribution in [1.82, 2.24) is 24.5 Å². The Morgan fingerprint density at radius 3 is 2.67 bits per heavy atom. The third kappa shape index (κ3) is 1.76. The van der Waals surface area contributed by atoms with Crippen molar-refractivity contribution in [3.8, 4) is 17.1 Å². The molecule has 0 saturated carbocycles. The molecule has 90 valence electrons. The van der Waals surface area contributed by atoms with E-state index in [2.05, 4.69) is 15.3 Å². The van der Waals surface area contributed by atoms with E-state index in [0.29, 0.717) is 4.77 Å². The number of benzene rings is 1. The number of aryl methyl sites for hydroxylation is 1. The molecule has 1 N–H and O–H groups in total. The normalized spacial score (nSPS) is 10.7. The van der Waals surface area contributed by atoms with Gasteiger partial charge in [0.15, 0.2) is 10.6 Å². The molecule has 0 atom stereocenters. The lowest BCUT2D eigenvalue weighted by Crippen LogP contribution is -1.96. The maximum absolute atomic E-state index is 5.28. The zero-order valence-corrected chi connectivity index (χ0v) is 10.6. The van der Waals surface area contributed by atoms with Crippen molar-refractivity contribution in [2.75, 3.05) is 0 Å². The largest absolute Gasteiger partial charge is 0.275 e. The second-order valence-electron chi connectivity index (χ2n) is 3.93. The van der Waals surface area contributed by atoms with Crippen LogP contribution in [0.25, 0.3) is 17.1 Å². The van der Waals surface area contributed by atoms with Gasteiger partial charge in [-0.3, -0.25) is 14.3 Å². The van der Waals surface area contributed by atoms with E-state index < -0.39 is 0 Å². The Morgan fingerprint density at radius 1 is 1.22 bits per heavy atom. The molecule has 0 bridgehead atoms. The monoisotopic (exact) mass is 257 g/mol. The standard InChI is InChI=1S/C12H11N5S/c1-16-8-9(7-13-16)11-14-15-12(18)17(11)10-5-3-2-4-6-10/h2-8H,1H3,(H,15,18). The molecular weight excluding hydrogens is 246 g/mol. The molecule has 2 aromatic heterocycles. The van der Waals surface area contributed by atoms with Crippen LogP contribution in [0.4, 0.5) is 0 Å². The predicted octanol–water partition coefficient (Wildman–Crippen LogP) is 2.33. The summed E-state index contributed by atoms with van der Waals surface area (Å²) >= 11 is 5.28. The molecule has 0 amide bonds. The maximum atomic E-state index is 5.28. The summed E-state index contributed by atoms with van der Waals surface area (Å²) in [7, 11) is 1.87. The average molecular weight is 257 g/mol. The van der Waals surface area contributed by atoms with Crippen molar-refractivity contribution in [1.29, 1.82) is 0 Å². The number of nitrogens with zero attached hydrogens (tertiary/aromatic N) is 4. The topological polar surface area (TPSA) is 51.4 Å². The van der Waals surface area contributed by atoms with Crippen LogP contribution < -0.4 is 0 Å². The average Bonchev–Trinajstić information content (AvgIpc) is 2.96. The van der Waals surface area contributed by atoms with Gasteiger partial charge < -0.3 is 0 Å². The first kappa shape index (κ1) is 10.9. The van der Waals surface area contributed by atoms with Gasteiger partial charge in [0.2, 0.25) is 0 Å². The van der Waals surface area contributed by atoms with E-state index in [1.54, 1.807) is 10.9 Å². The molecule has 0 fully saturated rings. The Morgan fingerprint density at radius 2 is 2.00 bits per heavy atom. The van der Waals surface area contributed by atoms with E-state index in [4.69, 9.17) is 12.2 Å². The zero-order valence-electron chi connectivity index (χ0n) is 9.74. The number of H-pyrrole nitrogens is 1. The fraction of sp³-hybridized carbons (Fsp3) is 0.0833. The zero-order chi connectivity index (χ0) is 12.5. The molecule has 0 spiro atoms. The van der Waals surface area contributed by atoms with Crippen LogP contribution >= 0.6 is 12.2 Å². The quantitative estimate of drug-likeness (QED) is 0.717. The summed E-state index contributed by atoms with van der Waals surface area (Å²) in [6.45, 7) is 0. The number of hydrogen-bond donors (Lipinski definition) is 1. The molecule has 0 unspecified atom stereocenters. The number of hydrogen-bond acceptors (Lipinski definition) is 3. The number of aromatic nitrogens is 5. The van der Waals surface area contributed by atoms with Gasteiger partial charge >= 0.3 is 0 Å². The second kappa shape index (κ2) is 4.23. The van der Waals surface area contributed by atoms with E-state index in [1.165, 1.54) is 0 Å². The maximum Gasteiger partial charge on any atom is 0.200 e. The smallest absolute Gasteiger partial charge is 0.200 e. The summed E-state index contributed by atoms with van der Waals surface area (Å²) in [5, 5.41) is 11.2. The van der Waals surface area contributed by atoms with Crippen molar-refractivity contribution in [2.45, 2.75) is 0 Å². The minimum Gasteiger partial charge on any atom is -0.275 e. The molecule has 3 aromatic rings. The Kier molecular flexibility index (Phi) is 2.56. The molecule has 6 heteroatoms. The van der Waals surface area contributed by atoms with Crippen LogP contribution in [-0.4, -0.2) is 24.5 Å². The van der Waals surface area contributed by atoms with Gasteiger partial charge in [-0.05, 0) is 24.4 Å². The number of nitrogens with one attached hydrogen (secondary N) is 1. The minimum atomic E-state index is 0.569. The van der Waals surface area contributed by atoms with Gasteiger partial charge in [0.1, 0.15) is 0 Å². The lowest BCUT2D eigenvalue weighted by molar-refractivity contribution is 0.768. The van der Waals surface area contributed by atoms with E-state index >= 15 is 0 Å². The van der Waals surface area contributed by atoms with Crippen LogP contribution in [0.2, 0.25) is 0 Å². The highest BCUT2D eigenvalue weighted by Crippen LogP contribution is 2.20. The second-order valence-corrected chi connectivity index (χ2v) is 4.31. The lowest BCUT2D eigenvalue weighted by atomic mass is 10.3. The highest BCUT2D eigenvalue weighted by Gasteiger charge is 2.11. The third-order valence-electron chi connectivity index (χ3n) is 2.65. The number of aromatic amines is 1. The van der Waals surface area contributed by atoms with Crippen LogP contribution in [0.5, 0.6) is 0 Å². The van der Waals surface area contributed by atoms with Gasteiger partial charge in [-0.2, -0.15) is 10.2 Å². The molecule has 18 heavy (non-hydrogen) atoms. The Hall–Kier alpha value is -2.21. The number of para-hydroxylation sites is 1. The van der Waals surface area contributed by atoms with E-state index in [1.807, 2.05) is 48.1 Å².